The van der Waals surface area contributed by atoms with Gasteiger partial charge in [-0.25, -0.2) is 4.79 Å². The van der Waals surface area contributed by atoms with Gasteiger partial charge in [-0.2, -0.15) is 0 Å². The molecule has 0 spiro atoms. The maximum absolute atomic E-state index is 11.6. The van der Waals surface area contributed by atoms with Gasteiger partial charge in [-0.05, 0) is 25.3 Å². The maximum Gasteiger partial charge on any atom is 0.407 e. The van der Waals surface area contributed by atoms with E-state index in [2.05, 4.69) is 21.2 Å². The number of carbonyl (C=O) groups excluding carboxylic acids is 3. The predicted octanol–water partition coefficient (Wildman–Crippen LogP) is 3.64. The molecule has 0 aliphatic carbocycles. The fourth-order valence-corrected chi connectivity index (χ4v) is 2.49. The minimum absolute atomic E-state index is 0.0396. The standard InChI is InChI=1S/C18H24BrNO4/c1-14(21)16(11-17(22)12-19)9-5-6-10-20-18(23)24-13-15-7-3-2-4-8-15/h2-4,7-8,16H,5-6,9-13H2,1H3,(H,20,23)/t16-/m1/s1. The number of benzene rings is 1. The van der Waals surface area contributed by atoms with Gasteiger partial charge in [0.1, 0.15) is 18.2 Å². The Morgan fingerprint density at radius 1 is 1.17 bits per heavy atom. The highest BCUT2D eigenvalue weighted by Crippen LogP contribution is 2.15. The molecule has 0 unspecified atom stereocenters. The normalized spacial score (nSPS) is 11.6. The number of unbranched alkanes of at least 4 members (excludes halogenated alkanes) is 1. The van der Waals surface area contributed by atoms with Gasteiger partial charge in [-0.1, -0.05) is 52.7 Å². The Balaban J connectivity index is 2.14. The van der Waals surface area contributed by atoms with E-state index in [4.69, 9.17) is 4.74 Å². The van der Waals surface area contributed by atoms with Crippen LogP contribution >= 0.6 is 15.9 Å². The molecule has 1 aromatic carbocycles. The van der Waals surface area contributed by atoms with E-state index in [9.17, 15) is 14.4 Å². The van der Waals surface area contributed by atoms with Gasteiger partial charge in [0.05, 0.1) is 5.33 Å². The average molecular weight is 398 g/mol. The summed E-state index contributed by atoms with van der Waals surface area (Å²) in [6.07, 6.45) is 2.02. The van der Waals surface area contributed by atoms with Gasteiger partial charge in [0.15, 0.2) is 0 Å². The minimum Gasteiger partial charge on any atom is -0.445 e. The van der Waals surface area contributed by atoms with E-state index in [1.807, 2.05) is 30.3 Å². The highest BCUT2D eigenvalue weighted by Gasteiger charge is 2.17. The molecular formula is C18H24BrNO4. The molecule has 1 rings (SSSR count). The molecule has 6 heteroatoms. The molecule has 0 saturated heterocycles. The number of ether oxygens (including phenoxy) is 1. The Morgan fingerprint density at radius 3 is 2.50 bits per heavy atom. The van der Waals surface area contributed by atoms with E-state index in [1.54, 1.807) is 0 Å². The summed E-state index contributed by atoms with van der Waals surface area (Å²) in [5, 5.41) is 2.97. The van der Waals surface area contributed by atoms with E-state index >= 15 is 0 Å². The molecule has 132 valence electrons. The highest BCUT2D eigenvalue weighted by atomic mass is 79.9. The Kier molecular flexibility index (Phi) is 10.00. The smallest absolute Gasteiger partial charge is 0.407 e. The number of carbonyl (C=O) groups is 3. The Bertz CT molecular complexity index is 533. The molecule has 5 nitrogen and oxygen atoms in total. The molecule has 1 aromatic rings. The zero-order valence-electron chi connectivity index (χ0n) is 13.9. The third kappa shape index (κ3) is 8.82. The van der Waals surface area contributed by atoms with Crippen LogP contribution in [0.5, 0.6) is 0 Å². The van der Waals surface area contributed by atoms with Gasteiger partial charge in [0, 0.05) is 18.9 Å². The number of amides is 1. The average Bonchev–Trinajstić information content (AvgIpc) is 2.59. The first-order chi connectivity index (χ1) is 11.5. The lowest BCUT2D eigenvalue weighted by molar-refractivity contribution is -0.125. The molecule has 1 N–H and O–H groups in total. The zero-order valence-corrected chi connectivity index (χ0v) is 15.5. The second-order valence-electron chi connectivity index (χ2n) is 5.67. The molecule has 1 atom stereocenters. The van der Waals surface area contributed by atoms with Crippen LogP contribution in [0.25, 0.3) is 0 Å². The van der Waals surface area contributed by atoms with Crippen molar-refractivity contribution >= 4 is 33.6 Å². The number of hydrogen-bond donors (Lipinski definition) is 1. The fourth-order valence-electron chi connectivity index (χ4n) is 2.26. The van der Waals surface area contributed by atoms with Gasteiger partial charge in [0.2, 0.25) is 0 Å². The number of nitrogens with one attached hydrogen (secondary N) is 1. The summed E-state index contributed by atoms with van der Waals surface area (Å²) < 4.78 is 5.11. The highest BCUT2D eigenvalue weighted by molar-refractivity contribution is 9.09. The summed E-state index contributed by atoms with van der Waals surface area (Å²) in [6.45, 7) is 2.25. The largest absolute Gasteiger partial charge is 0.445 e. The molecule has 1 amide bonds. The van der Waals surface area contributed by atoms with Gasteiger partial charge in [-0.3, -0.25) is 9.59 Å². The molecule has 0 aliphatic rings. The summed E-state index contributed by atoms with van der Waals surface area (Å²) in [4.78, 5) is 34.5. The summed E-state index contributed by atoms with van der Waals surface area (Å²) in [7, 11) is 0. The number of ketones is 2. The predicted molar refractivity (Wildman–Crippen MR) is 96.1 cm³/mol. The van der Waals surface area contributed by atoms with Crippen LogP contribution in [0, 0.1) is 5.92 Å². The van der Waals surface area contributed by atoms with Crippen molar-refractivity contribution in [2.75, 3.05) is 11.9 Å². The van der Waals surface area contributed by atoms with Crippen molar-refractivity contribution in [3.63, 3.8) is 0 Å². The van der Waals surface area contributed by atoms with Crippen molar-refractivity contribution in [1.82, 2.24) is 5.32 Å². The van der Waals surface area contributed by atoms with Crippen LogP contribution in [0.4, 0.5) is 4.79 Å². The Morgan fingerprint density at radius 2 is 1.88 bits per heavy atom. The van der Waals surface area contributed by atoms with Crippen LogP contribution in [0.1, 0.15) is 38.2 Å². The van der Waals surface area contributed by atoms with Gasteiger partial charge in [-0.15, -0.1) is 0 Å². The van der Waals surface area contributed by atoms with E-state index in [0.717, 1.165) is 18.4 Å². The Hall–Kier alpha value is -1.69. The van der Waals surface area contributed by atoms with Crippen molar-refractivity contribution in [1.29, 1.82) is 0 Å². The molecule has 0 aromatic heterocycles. The van der Waals surface area contributed by atoms with Gasteiger partial charge in [0.25, 0.3) is 0 Å². The molecular weight excluding hydrogens is 374 g/mol. The number of rotatable bonds is 11. The molecule has 0 saturated carbocycles. The Labute approximate surface area is 151 Å². The molecule has 0 bridgehead atoms. The van der Waals surface area contributed by atoms with E-state index in [-0.39, 0.29) is 35.8 Å². The summed E-state index contributed by atoms with van der Waals surface area (Å²) in [6, 6.07) is 9.47. The minimum atomic E-state index is -0.448. The number of hydrogen-bond acceptors (Lipinski definition) is 4. The van der Waals surface area contributed by atoms with Crippen molar-refractivity contribution in [2.24, 2.45) is 5.92 Å². The van der Waals surface area contributed by atoms with Gasteiger partial charge < -0.3 is 10.1 Å². The molecule has 0 fully saturated rings. The van der Waals surface area contributed by atoms with Crippen molar-refractivity contribution in [3.05, 3.63) is 35.9 Å². The van der Waals surface area contributed by atoms with E-state index < -0.39 is 6.09 Å². The lowest BCUT2D eigenvalue weighted by atomic mass is 9.93. The lowest BCUT2D eigenvalue weighted by Crippen LogP contribution is -2.25. The first-order valence-corrected chi connectivity index (χ1v) is 9.17. The van der Waals surface area contributed by atoms with Crippen LogP contribution in [-0.4, -0.2) is 29.5 Å². The van der Waals surface area contributed by atoms with Gasteiger partial charge >= 0.3 is 6.09 Å². The first kappa shape index (κ1) is 20.4. The lowest BCUT2D eigenvalue weighted by Gasteiger charge is -2.12. The third-order valence-electron chi connectivity index (χ3n) is 3.66. The third-order valence-corrected chi connectivity index (χ3v) is 4.28. The van der Waals surface area contributed by atoms with Crippen molar-refractivity contribution in [3.8, 4) is 0 Å². The molecule has 24 heavy (non-hydrogen) atoms. The van der Waals surface area contributed by atoms with Crippen LogP contribution in [-0.2, 0) is 20.9 Å². The van der Waals surface area contributed by atoms with E-state index in [0.29, 0.717) is 13.0 Å². The van der Waals surface area contributed by atoms with Crippen LogP contribution in [0.2, 0.25) is 0 Å². The maximum atomic E-state index is 11.6. The number of Topliss-reactive ketones (excluding diaryl/α,β-unsaturated/α-hetero) is 2. The number of alkyl carbamates (subject to hydrolysis) is 1. The van der Waals surface area contributed by atoms with Crippen molar-refractivity contribution < 1.29 is 19.1 Å². The van der Waals surface area contributed by atoms with Crippen molar-refractivity contribution in [2.45, 2.75) is 39.2 Å². The quantitative estimate of drug-likeness (QED) is 0.456. The second-order valence-corrected chi connectivity index (χ2v) is 6.23. The monoisotopic (exact) mass is 397 g/mol. The number of halogens is 1. The van der Waals surface area contributed by atoms with Crippen LogP contribution in [0.15, 0.2) is 30.3 Å². The SMILES string of the molecule is CC(=O)[C@H](CCCCNC(=O)OCc1ccccc1)CC(=O)CBr. The van der Waals surface area contributed by atoms with Crippen LogP contribution < -0.4 is 5.32 Å². The number of alkyl halides is 1. The topological polar surface area (TPSA) is 72.5 Å². The molecule has 0 radical (unpaired) electrons. The fraction of sp³-hybridized carbons (Fsp3) is 0.500. The summed E-state index contributed by atoms with van der Waals surface area (Å²) in [5.41, 5.74) is 0.938. The molecule has 0 heterocycles. The zero-order chi connectivity index (χ0) is 17.8. The summed E-state index contributed by atoms with van der Waals surface area (Å²) in [5.74, 6) is -0.141. The first-order valence-electron chi connectivity index (χ1n) is 8.05. The summed E-state index contributed by atoms with van der Waals surface area (Å²) >= 11 is 3.11. The van der Waals surface area contributed by atoms with E-state index in [1.165, 1.54) is 6.92 Å². The van der Waals surface area contributed by atoms with Crippen LogP contribution in [0.3, 0.4) is 0 Å². The molecule has 0 aliphatic heterocycles. The second kappa shape index (κ2) is 11.8.